The van der Waals surface area contributed by atoms with Crippen LogP contribution in [0.4, 0.5) is 8.78 Å². The van der Waals surface area contributed by atoms with E-state index in [1.165, 1.54) is 12.1 Å². The second kappa shape index (κ2) is 8.29. The fourth-order valence-electron chi connectivity index (χ4n) is 2.71. The van der Waals surface area contributed by atoms with Crippen molar-refractivity contribution < 1.29 is 18.3 Å². The number of rotatable bonds is 5. The Balaban J connectivity index is 0.00000242. The van der Waals surface area contributed by atoms with Gasteiger partial charge in [-0.05, 0) is 30.5 Å². The number of hydrogen-bond donors (Lipinski definition) is 1. The number of alkyl halides is 2. The number of hydrogen-bond acceptors (Lipinski definition) is 3. The van der Waals surface area contributed by atoms with Crippen LogP contribution in [0.5, 0.6) is 5.75 Å². The number of ether oxygens (including phenoxy) is 1. The molecular formula is C15H21ClF2N2O2. The van der Waals surface area contributed by atoms with Gasteiger partial charge in [0.1, 0.15) is 5.75 Å². The van der Waals surface area contributed by atoms with E-state index in [1.807, 2.05) is 0 Å². The van der Waals surface area contributed by atoms with Gasteiger partial charge in [0.25, 0.3) is 0 Å². The third kappa shape index (κ3) is 4.81. The molecule has 0 saturated heterocycles. The Morgan fingerprint density at radius 1 is 1.36 bits per heavy atom. The summed E-state index contributed by atoms with van der Waals surface area (Å²) in [6, 6.07) is 6.25. The number of carbonyl (C=O) groups excluding carboxylic acids is 1. The zero-order valence-electron chi connectivity index (χ0n) is 12.4. The minimum absolute atomic E-state index is 0. The van der Waals surface area contributed by atoms with Crippen LogP contribution in [-0.4, -0.2) is 30.5 Å². The first-order valence-corrected chi connectivity index (χ1v) is 7.01. The SMILES string of the molecule is CN(Cc1ccc(OC(F)F)cc1)C(=O)C1CCCC1N.Cl. The highest BCUT2D eigenvalue weighted by Crippen LogP contribution is 2.26. The molecule has 7 heteroatoms. The minimum atomic E-state index is -2.83. The lowest BCUT2D eigenvalue weighted by Crippen LogP contribution is -2.39. The first kappa shape index (κ1) is 18.6. The normalized spacial score (nSPS) is 20.6. The molecule has 124 valence electrons. The van der Waals surface area contributed by atoms with E-state index in [9.17, 15) is 13.6 Å². The molecule has 1 aromatic carbocycles. The van der Waals surface area contributed by atoms with Gasteiger partial charge in [-0.3, -0.25) is 4.79 Å². The lowest BCUT2D eigenvalue weighted by atomic mass is 10.0. The molecule has 22 heavy (non-hydrogen) atoms. The van der Waals surface area contributed by atoms with Gasteiger partial charge in [-0.2, -0.15) is 8.78 Å². The van der Waals surface area contributed by atoms with Gasteiger partial charge in [0.15, 0.2) is 0 Å². The Morgan fingerprint density at radius 2 is 2.00 bits per heavy atom. The van der Waals surface area contributed by atoms with Gasteiger partial charge in [0.05, 0.1) is 5.92 Å². The van der Waals surface area contributed by atoms with E-state index in [2.05, 4.69) is 4.74 Å². The van der Waals surface area contributed by atoms with Crippen LogP contribution in [-0.2, 0) is 11.3 Å². The van der Waals surface area contributed by atoms with Gasteiger partial charge in [-0.25, -0.2) is 0 Å². The number of halogens is 3. The van der Waals surface area contributed by atoms with Crippen LogP contribution in [0.25, 0.3) is 0 Å². The Bertz CT molecular complexity index is 485. The van der Waals surface area contributed by atoms with Crippen molar-refractivity contribution in [3.8, 4) is 5.75 Å². The van der Waals surface area contributed by atoms with Gasteiger partial charge >= 0.3 is 6.61 Å². The molecule has 2 N–H and O–H groups in total. The number of nitrogens with two attached hydrogens (primary N) is 1. The van der Waals surface area contributed by atoms with Crippen molar-refractivity contribution in [2.45, 2.75) is 38.5 Å². The monoisotopic (exact) mass is 334 g/mol. The molecule has 2 unspecified atom stereocenters. The second-order valence-corrected chi connectivity index (χ2v) is 5.42. The molecule has 1 fully saturated rings. The molecule has 0 heterocycles. The topological polar surface area (TPSA) is 55.6 Å². The molecule has 2 atom stereocenters. The average molecular weight is 335 g/mol. The first-order valence-electron chi connectivity index (χ1n) is 7.01. The summed E-state index contributed by atoms with van der Waals surface area (Å²) in [6.45, 7) is -2.40. The van der Waals surface area contributed by atoms with Crippen molar-refractivity contribution >= 4 is 18.3 Å². The maximum atomic E-state index is 12.3. The van der Waals surface area contributed by atoms with Gasteiger partial charge in [-0.1, -0.05) is 18.6 Å². The number of benzene rings is 1. The Kier molecular flexibility index (Phi) is 7.03. The molecule has 1 aromatic rings. The van der Waals surface area contributed by atoms with Crippen molar-refractivity contribution in [2.75, 3.05) is 7.05 Å². The van der Waals surface area contributed by atoms with Gasteiger partial charge < -0.3 is 15.4 Å². The third-order valence-corrected chi connectivity index (χ3v) is 3.83. The van der Waals surface area contributed by atoms with Crippen molar-refractivity contribution in [1.82, 2.24) is 4.90 Å². The Hall–Kier alpha value is -1.40. The summed E-state index contributed by atoms with van der Waals surface area (Å²) >= 11 is 0. The summed E-state index contributed by atoms with van der Waals surface area (Å²) in [6.07, 6.45) is 2.72. The summed E-state index contributed by atoms with van der Waals surface area (Å²) in [7, 11) is 1.73. The Labute approximate surface area is 135 Å². The first-order chi connectivity index (χ1) is 9.97. The van der Waals surface area contributed by atoms with Crippen LogP contribution in [0.1, 0.15) is 24.8 Å². The van der Waals surface area contributed by atoms with Crippen LogP contribution < -0.4 is 10.5 Å². The standard InChI is InChI=1S/C15H20F2N2O2.ClH/c1-19(14(20)12-3-2-4-13(12)18)9-10-5-7-11(8-6-10)21-15(16)17;/h5-8,12-13,15H,2-4,9,18H2,1H3;1H. The summed E-state index contributed by atoms with van der Waals surface area (Å²) in [5.41, 5.74) is 6.80. The van der Waals surface area contributed by atoms with E-state index in [1.54, 1.807) is 24.1 Å². The highest BCUT2D eigenvalue weighted by atomic mass is 35.5. The molecule has 4 nitrogen and oxygen atoms in total. The third-order valence-electron chi connectivity index (χ3n) is 3.83. The summed E-state index contributed by atoms with van der Waals surface area (Å²) in [4.78, 5) is 13.9. The average Bonchev–Trinajstić information content (AvgIpc) is 2.85. The highest BCUT2D eigenvalue weighted by molar-refractivity contribution is 5.85. The van der Waals surface area contributed by atoms with Crippen LogP contribution in [0, 0.1) is 5.92 Å². The smallest absolute Gasteiger partial charge is 0.387 e. The highest BCUT2D eigenvalue weighted by Gasteiger charge is 2.32. The van der Waals surface area contributed by atoms with Gasteiger partial charge in [0, 0.05) is 19.6 Å². The van der Waals surface area contributed by atoms with E-state index in [-0.39, 0.29) is 36.0 Å². The number of amides is 1. The molecule has 0 spiro atoms. The molecule has 1 aliphatic carbocycles. The number of carbonyl (C=O) groups is 1. The van der Waals surface area contributed by atoms with E-state index >= 15 is 0 Å². The molecule has 0 aliphatic heterocycles. The van der Waals surface area contributed by atoms with Gasteiger partial charge in [-0.15, -0.1) is 12.4 Å². The maximum absolute atomic E-state index is 12.3. The predicted molar refractivity (Wildman–Crippen MR) is 82.1 cm³/mol. The fraction of sp³-hybridized carbons (Fsp3) is 0.533. The van der Waals surface area contributed by atoms with E-state index in [0.717, 1.165) is 24.8 Å². The predicted octanol–water partition coefficient (Wildman–Crippen LogP) is 2.80. The van der Waals surface area contributed by atoms with Crippen LogP contribution in [0.15, 0.2) is 24.3 Å². The minimum Gasteiger partial charge on any atom is -0.435 e. The molecule has 1 amide bonds. The van der Waals surface area contributed by atoms with Crippen molar-refractivity contribution in [3.63, 3.8) is 0 Å². The van der Waals surface area contributed by atoms with Crippen LogP contribution in [0.2, 0.25) is 0 Å². The largest absolute Gasteiger partial charge is 0.435 e. The molecule has 0 bridgehead atoms. The zero-order valence-corrected chi connectivity index (χ0v) is 13.2. The lowest BCUT2D eigenvalue weighted by molar-refractivity contribution is -0.134. The lowest BCUT2D eigenvalue weighted by Gasteiger charge is -2.23. The summed E-state index contributed by atoms with van der Waals surface area (Å²) < 4.78 is 28.4. The maximum Gasteiger partial charge on any atom is 0.387 e. The van der Waals surface area contributed by atoms with E-state index in [0.29, 0.717) is 6.54 Å². The summed E-state index contributed by atoms with van der Waals surface area (Å²) in [5.74, 6) is 0.0601. The molecule has 2 rings (SSSR count). The van der Waals surface area contributed by atoms with Crippen molar-refractivity contribution in [1.29, 1.82) is 0 Å². The second-order valence-electron chi connectivity index (χ2n) is 5.42. The number of nitrogens with zero attached hydrogens (tertiary/aromatic N) is 1. The zero-order chi connectivity index (χ0) is 15.4. The van der Waals surface area contributed by atoms with E-state index in [4.69, 9.17) is 5.73 Å². The molecule has 0 radical (unpaired) electrons. The Morgan fingerprint density at radius 3 is 2.50 bits per heavy atom. The van der Waals surface area contributed by atoms with E-state index < -0.39 is 6.61 Å². The molecule has 1 saturated carbocycles. The van der Waals surface area contributed by atoms with Crippen LogP contribution in [0.3, 0.4) is 0 Å². The fourth-order valence-corrected chi connectivity index (χ4v) is 2.71. The molecule has 0 aromatic heterocycles. The summed E-state index contributed by atoms with van der Waals surface area (Å²) in [5, 5.41) is 0. The molecular weight excluding hydrogens is 314 g/mol. The van der Waals surface area contributed by atoms with Gasteiger partial charge in [0.2, 0.25) is 5.91 Å². The van der Waals surface area contributed by atoms with Crippen LogP contribution >= 0.6 is 12.4 Å². The van der Waals surface area contributed by atoms with Crippen molar-refractivity contribution in [2.24, 2.45) is 11.7 Å². The van der Waals surface area contributed by atoms with Crippen molar-refractivity contribution in [3.05, 3.63) is 29.8 Å². The quantitative estimate of drug-likeness (QED) is 0.901. The molecule has 1 aliphatic rings.